The van der Waals surface area contributed by atoms with E-state index in [9.17, 15) is 4.79 Å². The summed E-state index contributed by atoms with van der Waals surface area (Å²) in [5.74, 6) is 1.06. The highest BCUT2D eigenvalue weighted by molar-refractivity contribution is 6.06. The standard InChI is InChI=1S/C20H27N5O/c26-19-16-5-4-6-17-18(16)25(14-9-21-19)20(22-17)24-12-7-15(8-13-24)23-10-2-1-3-11-23/h4-6,15H,1-3,7-14H2,(H,21,26). The summed E-state index contributed by atoms with van der Waals surface area (Å²) in [6.45, 7) is 6.12. The lowest BCUT2D eigenvalue weighted by Gasteiger charge is -2.40. The number of aromatic nitrogens is 2. The second-order valence-corrected chi connectivity index (χ2v) is 7.81. The van der Waals surface area contributed by atoms with Gasteiger partial charge in [0.1, 0.15) is 0 Å². The van der Waals surface area contributed by atoms with Gasteiger partial charge in [-0.2, -0.15) is 0 Å². The maximum Gasteiger partial charge on any atom is 0.253 e. The molecule has 0 saturated carbocycles. The monoisotopic (exact) mass is 353 g/mol. The number of rotatable bonds is 2. The van der Waals surface area contributed by atoms with Crippen LogP contribution in [0.3, 0.4) is 0 Å². The van der Waals surface area contributed by atoms with Gasteiger partial charge in [-0.15, -0.1) is 0 Å². The van der Waals surface area contributed by atoms with Crippen molar-refractivity contribution in [3.05, 3.63) is 23.8 Å². The lowest BCUT2D eigenvalue weighted by atomic mass is 10.0. The van der Waals surface area contributed by atoms with Gasteiger partial charge in [-0.3, -0.25) is 4.79 Å². The Balaban J connectivity index is 1.41. The number of amides is 1. The molecule has 5 rings (SSSR count). The summed E-state index contributed by atoms with van der Waals surface area (Å²) in [4.78, 5) is 22.4. The molecule has 1 amide bonds. The summed E-state index contributed by atoms with van der Waals surface area (Å²) >= 11 is 0. The van der Waals surface area contributed by atoms with Crippen LogP contribution in [0.4, 0.5) is 5.95 Å². The Morgan fingerprint density at radius 3 is 2.62 bits per heavy atom. The number of benzene rings is 1. The number of nitrogens with one attached hydrogen (secondary N) is 1. The van der Waals surface area contributed by atoms with E-state index < -0.39 is 0 Å². The number of para-hydroxylation sites is 1. The number of anilines is 1. The maximum atomic E-state index is 12.3. The Morgan fingerprint density at radius 2 is 1.81 bits per heavy atom. The van der Waals surface area contributed by atoms with Gasteiger partial charge in [0, 0.05) is 32.2 Å². The van der Waals surface area contributed by atoms with E-state index in [0.717, 1.165) is 48.2 Å². The van der Waals surface area contributed by atoms with Crippen LogP contribution in [0.1, 0.15) is 42.5 Å². The Morgan fingerprint density at radius 1 is 1.00 bits per heavy atom. The molecule has 3 aliphatic rings. The molecule has 0 unspecified atom stereocenters. The molecular weight excluding hydrogens is 326 g/mol. The third-order valence-corrected chi connectivity index (χ3v) is 6.27. The zero-order valence-corrected chi connectivity index (χ0v) is 15.3. The normalized spacial score (nSPS) is 22.5. The van der Waals surface area contributed by atoms with Crippen LogP contribution in [0, 0.1) is 0 Å². The van der Waals surface area contributed by atoms with Gasteiger partial charge in [-0.1, -0.05) is 12.5 Å². The summed E-state index contributed by atoms with van der Waals surface area (Å²) in [6, 6.07) is 6.61. The molecular formula is C20H27N5O. The first-order chi connectivity index (χ1) is 12.8. The van der Waals surface area contributed by atoms with E-state index in [0.29, 0.717) is 6.54 Å². The van der Waals surface area contributed by atoms with Gasteiger partial charge in [-0.05, 0) is 50.9 Å². The molecule has 0 spiro atoms. The van der Waals surface area contributed by atoms with E-state index in [1.807, 2.05) is 18.2 Å². The molecule has 6 nitrogen and oxygen atoms in total. The number of carbonyl (C=O) groups excluding carboxylic acids is 1. The Hall–Kier alpha value is -2.08. The van der Waals surface area contributed by atoms with E-state index in [1.165, 1.54) is 45.2 Å². The number of imidazole rings is 1. The minimum Gasteiger partial charge on any atom is -0.350 e. The first-order valence-corrected chi connectivity index (χ1v) is 10.1. The van der Waals surface area contributed by atoms with Crippen LogP contribution in [-0.2, 0) is 6.54 Å². The molecule has 26 heavy (non-hydrogen) atoms. The van der Waals surface area contributed by atoms with Crippen LogP contribution in [0.25, 0.3) is 11.0 Å². The van der Waals surface area contributed by atoms with Crippen molar-refractivity contribution in [2.45, 2.75) is 44.7 Å². The number of hydrogen-bond donors (Lipinski definition) is 1. The van der Waals surface area contributed by atoms with Gasteiger partial charge < -0.3 is 19.7 Å². The summed E-state index contributed by atoms with van der Waals surface area (Å²) in [7, 11) is 0. The minimum absolute atomic E-state index is 0.0182. The Kier molecular flexibility index (Phi) is 4.08. The van der Waals surface area contributed by atoms with Crippen molar-refractivity contribution >= 4 is 22.9 Å². The van der Waals surface area contributed by atoms with Crippen molar-refractivity contribution in [1.29, 1.82) is 0 Å². The summed E-state index contributed by atoms with van der Waals surface area (Å²) in [5, 5.41) is 3.00. The average Bonchev–Trinajstić information content (AvgIpc) is 2.98. The average molecular weight is 353 g/mol. The van der Waals surface area contributed by atoms with Gasteiger partial charge in [-0.25, -0.2) is 4.98 Å². The molecule has 2 aromatic rings. The van der Waals surface area contributed by atoms with Crippen LogP contribution in [-0.4, -0.2) is 59.1 Å². The molecule has 2 saturated heterocycles. The van der Waals surface area contributed by atoms with Crippen molar-refractivity contribution in [3.63, 3.8) is 0 Å². The molecule has 1 aromatic carbocycles. The third-order valence-electron chi connectivity index (χ3n) is 6.27. The zero-order chi connectivity index (χ0) is 17.5. The SMILES string of the molecule is O=C1NCCn2c(N3CCC(N4CCCCC4)CC3)nc3cccc1c32. The van der Waals surface area contributed by atoms with Crippen LogP contribution in [0.5, 0.6) is 0 Å². The van der Waals surface area contributed by atoms with Gasteiger partial charge >= 0.3 is 0 Å². The predicted molar refractivity (Wildman–Crippen MR) is 103 cm³/mol. The largest absolute Gasteiger partial charge is 0.350 e. The number of nitrogens with zero attached hydrogens (tertiary/aromatic N) is 4. The number of carbonyl (C=O) groups is 1. The molecule has 3 aliphatic heterocycles. The predicted octanol–water partition coefficient (Wildman–Crippen LogP) is 2.23. The topological polar surface area (TPSA) is 53.4 Å². The lowest BCUT2D eigenvalue weighted by Crippen LogP contribution is -2.47. The Bertz CT molecular complexity index is 815. The van der Waals surface area contributed by atoms with Crippen LogP contribution < -0.4 is 10.2 Å². The molecule has 138 valence electrons. The zero-order valence-electron chi connectivity index (χ0n) is 15.3. The highest BCUT2D eigenvalue weighted by atomic mass is 16.1. The van der Waals surface area contributed by atoms with E-state index in [-0.39, 0.29) is 5.91 Å². The van der Waals surface area contributed by atoms with E-state index in [2.05, 4.69) is 19.7 Å². The van der Waals surface area contributed by atoms with Crippen molar-refractivity contribution in [3.8, 4) is 0 Å². The molecule has 4 heterocycles. The molecule has 1 N–H and O–H groups in total. The molecule has 0 radical (unpaired) electrons. The molecule has 6 heteroatoms. The molecule has 2 fully saturated rings. The minimum atomic E-state index is 0.0182. The number of hydrogen-bond acceptors (Lipinski definition) is 4. The van der Waals surface area contributed by atoms with Crippen LogP contribution in [0.2, 0.25) is 0 Å². The summed E-state index contributed by atoms with van der Waals surface area (Å²) in [6.07, 6.45) is 6.55. The second kappa shape index (κ2) is 6.58. The van der Waals surface area contributed by atoms with Crippen LogP contribution >= 0.6 is 0 Å². The van der Waals surface area contributed by atoms with E-state index >= 15 is 0 Å². The van der Waals surface area contributed by atoms with Crippen molar-refractivity contribution < 1.29 is 4.79 Å². The fourth-order valence-corrected chi connectivity index (χ4v) is 4.90. The van der Waals surface area contributed by atoms with Gasteiger partial charge in [0.25, 0.3) is 5.91 Å². The first kappa shape index (κ1) is 16.1. The molecule has 0 aliphatic carbocycles. The van der Waals surface area contributed by atoms with Crippen molar-refractivity contribution in [1.82, 2.24) is 19.8 Å². The van der Waals surface area contributed by atoms with Gasteiger partial charge in [0.2, 0.25) is 5.95 Å². The smallest absolute Gasteiger partial charge is 0.253 e. The summed E-state index contributed by atoms with van der Waals surface area (Å²) < 4.78 is 2.25. The van der Waals surface area contributed by atoms with Gasteiger partial charge in [0.15, 0.2) is 0 Å². The van der Waals surface area contributed by atoms with Gasteiger partial charge in [0.05, 0.1) is 16.6 Å². The number of likely N-dealkylation sites (tertiary alicyclic amines) is 1. The van der Waals surface area contributed by atoms with Crippen LogP contribution in [0.15, 0.2) is 18.2 Å². The fourth-order valence-electron chi connectivity index (χ4n) is 4.90. The maximum absolute atomic E-state index is 12.3. The van der Waals surface area contributed by atoms with E-state index in [4.69, 9.17) is 4.98 Å². The number of piperidine rings is 2. The molecule has 1 aromatic heterocycles. The van der Waals surface area contributed by atoms with Crippen molar-refractivity contribution in [2.75, 3.05) is 37.6 Å². The first-order valence-electron chi connectivity index (χ1n) is 10.1. The van der Waals surface area contributed by atoms with E-state index in [1.54, 1.807) is 0 Å². The fraction of sp³-hybridized carbons (Fsp3) is 0.600. The Labute approximate surface area is 154 Å². The lowest BCUT2D eigenvalue weighted by molar-refractivity contribution is 0.0956. The quantitative estimate of drug-likeness (QED) is 0.900. The molecule has 0 bridgehead atoms. The van der Waals surface area contributed by atoms with Crippen molar-refractivity contribution in [2.24, 2.45) is 0 Å². The highest BCUT2D eigenvalue weighted by Gasteiger charge is 2.29. The second-order valence-electron chi connectivity index (χ2n) is 7.81. The summed E-state index contributed by atoms with van der Waals surface area (Å²) in [5.41, 5.74) is 2.69. The molecule has 0 atom stereocenters. The highest BCUT2D eigenvalue weighted by Crippen LogP contribution is 2.30. The third kappa shape index (κ3) is 2.67.